The van der Waals surface area contributed by atoms with E-state index in [1.807, 2.05) is 6.92 Å². The van der Waals surface area contributed by atoms with Gasteiger partial charge in [-0.3, -0.25) is 9.69 Å². The monoisotopic (exact) mass is 505 g/mol. The Morgan fingerprint density at radius 3 is 2.47 bits per heavy atom. The Hall–Kier alpha value is -3.57. The van der Waals surface area contributed by atoms with Gasteiger partial charge in [-0.15, -0.1) is 10.2 Å². The van der Waals surface area contributed by atoms with Crippen molar-refractivity contribution in [2.75, 3.05) is 16.8 Å². The molecule has 3 heterocycles. The summed E-state index contributed by atoms with van der Waals surface area (Å²) in [4.78, 5) is 18.8. The number of benzene rings is 1. The first-order valence-corrected chi connectivity index (χ1v) is 11.2. The number of amides is 1. The van der Waals surface area contributed by atoms with Crippen LogP contribution in [0, 0.1) is 6.92 Å². The van der Waals surface area contributed by atoms with Crippen LogP contribution in [0.25, 0.3) is 0 Å². The van der Waals surface area contributed by atoms with Crippen LogP contribution in [0.2, 0.25) is 0 Å². The molecule has 1 amide bonds. The molecule has 1 saturated carbocycles. The Morgan fingerprint density at radius 2 is 1.89 bits per heavy atom. The molecule has 1 aromatic carbocycles. The fourth-order valence-corrected chi connectivity index (χ4v) is 5.15. The summed E-state index contributed by atoms with van der Waals surface area (Å²) in [5.74, 6) is -2.91. The number of carbonyl (C=O) groups excluding carboxylic acids is 1. The van der Waals surface area contributed by atoms with Crippen LogP contribution in [-0.2, 0) is 25.2 Å². The van der Waals surface area contributed by atoms with Crippen molar-refractivity contribution in [1.29, 1.82) is 0 Å². The van der Waals surface area contributed by atoms with Crippen LogP contribution in [0.4, 0.5) is 33.6 Å². The molecule has 0 bridgehead atoms. The van der Waals surface area contributed by atoms with Crippen LogP contribution in [0.3, 0.4) is 0 Å². The molecule has 7 nitrogen and oxygen atoms in total. The van der Waals surface area contributed by atoms with Crippen molar-refractivity contribution < 1.29 is 26.7 Å². The third-order valence-electron chi connectivity index (χ3n) is 6.67. The molecule has 36 heavy (non-hydrogen) atoms. The molecule has 12 heteroatoms. The average Bonchev–Trinajstić information content (AvgIpc) is 3.34. The van der Waals surface area contributed by atoms with E-state index in [4.69, 9.17) is 0 Å². The topological polar surface area (TPSA) is 75.9 Å². The smallest absolute Gasteiger partial charge is 0.370 e. The van der Waals surface area contributed by atoms with Crippen LogP contribution in [0.5, 0.6) is 0 Å². The molecule has 189 valence electrons. The van der Waals surface area contributed by atoms with Gasteiger partial charge >= 0.3 is 6.18 Å². The molecule has 1 N–H and O–H groups in total. The number of alkyl halides is 5. The van der Waals surface area contributed by atoms with Gasteiger partial charge in [0, 0.05) is 32.0 Å². The zero-order valence-corrected chi connectivity index (χ0v) is 19.5. The predicted molar refractivity (Wildman–Crippen MR) is 121 cm³/mol. The van der Waals surface area contributed by atoms with E-state index in [1.165, 1.54) is 18.5 Å². The van der Waals surface area contributed by atoms with E-state index < -0.39 is 41.8 Å². The van der Waals surface area contributed by atoms with E-state index in [1.54, 1.807) is 17.7 Å². The number of aryl methyl sites for hydroxylation is 1. The number of hydrogen-bond donors (Lipinski definition) is 1. The second-order valence-corrected chi connectivity index (χ2v) is 9.25. The first kappa shape index (κ1) is 24.1. The largest absolute Gasteiger partial charge is 0.416 e. The first-order chi connectivity index (χ1) is 16.8. The van der Waals surface area contributed by atoms with Gasteiger partial charge in [-0.25, -0.2) is 13.8 Å². The lowest BCUT2D eigenvalue weighted by molar-refractivity contribution is -0.138. The number of carbonyl (C=O) groups is 1. The third-order valence-corrected chi connectivity index (χ3v) is 6.67. The number of hydrogen-bond acceptors (Lipinski definition) is 5. The molecule has 0 unspecified atom stereocenters. The number of aromatic nitrogens is 4. The van der Waals surface area contributed by atoms with Crippen molar-refractivity contribution in [3.8, 4) is 0 Å². The molecule has 2 aliphatic rings. The van der Waals surface area contributed by atoms with Gasteiger partial charge in [-0.05, 0) is 54.8 Å². The second kappa shape index (κ2) is 7.97. The molecule has 1 radical (unpaired) electrons. The average molecular weight is 505 g/mol. The summed E-state index contributed by atoms with van der Waals surface area (Å²) in [5, 5.41) is 10.9. The van der Waals surface area contributed by atoms with Gasteiger partial charge in [-0.2, -0.15) is 13.2 Å². The molecular weight excluding hydrogens is 483 g/mol. The Balaban J connectivity index is 1.63. The number of rotatable bonds is 5. The molecule has 5 rings (SSSR count). The summed E-state index contributed by atoms with van der Waals surface area (Å²) in [5.41, 5.74) is -1.94. The zero-order chi connectivity index (χ0) is 26.0. The fourth-order valence-electron chi connectivity index (χ4n) is 5.15. The number of nitrogens with zero attached hydrogens (tertiary/aromatic N) is 5. The van der Waals surface area contributed by atoms with Gasteiger partial charge in [0.1, 0.15) is 23.8 Å². The Morgan fingerprint density at radius 1 is 1.17 bits per heavy atom. The Labute approximate surface area is 203 Å². The van der Waals surface area contributed by atoms with Gasteiger partial charge in [0.25, 0.3) is 11.8 Å². The summed E-state index contributed by atoms with van der Waals surface area (Å²) in [7, 11) is 1.65. The van der Waals surface area contributed by atoms with Gasteiger partial charge in [0.05, 0.1) is 17.5 Å². The standard InChI is InChI=1S/C24H22F5N6O/c1-4-30-18-7-14(22(10-23(25,26)11-22)21-33-31-12-34(21)3)8-19(32-18)35-9-16-15(20(35)36)5-13(2)6-17(16)24(27,28)29/h5-8,12H,2,4,9-11H2,1,3H3,(H,30,32). The van der Waals surface area contributed by atoms with E-state index in [0.717, 1.165) is 11.0 Å². The summed E-state index contributed by atoms with van der Waals surface area (Å²) >= 11 is 0. The zero-order valence-electron chi connectivity index (χ0n) is 19.5. The lowest BCUT2D eigenvalue weighted by atomic mass is 9.61. The molecule has 1 fully saturated rings. The van der Waals surface area contributed by atoms with E-state index >= 15 is 0 Å². The Bertz CT molecular complexity index is 1360. The van der Waals surface area contributed by atoms with Crippen molar-refractivity contribution >= 4 is 17.5 Å². The number of anilines is 2. The Kier molecular flexibility index (Phi) is 5.34. The van der Waals surface area contributed by atoms with Crippen LogP contribution in [0.1, 0.15) is 58.2 Å². The number of fused-ring (bicyclic) bond motifs is 1. The fraction of sp³-hybridized carbons (Fsp3) is 0.375. The van der Waals surface area contributed by atoms with Gasteiger partial charge < -0.3 is 9.88 Å². The van der Waals surface area contributed by atoms with Crippen molar-refractivity contribution in [3.63, 3.8) is 0 Å². The maximum Gasteiger partial charge on any atom is 0.416 e. The lowest BCUT2D eigenvalue weighted by Crippen LogP contribution is -2.51. The van der Waals surface area contributed by atoms with Crippen LogP contribution >= 0.6 is 0 Å². The minimum Gasteiger partial charge on any atom is -0.370 e. The molecule has 1 aliphatic carbocycles. The minimum absolute atomic E-state index is 0.0557. The molecule has 1 aliphatic heterocycles. The first-order valence-electron chi connectivity index (χ1n) is 11.2. The third kappa shape index (κ3) is 3.79. The van der Waals surface area contributed by atoms with Crippen LogP contribution in [0.15, 0.2) is 30.6 Å². The summed E-state index contributed by atoms with van der Waals surface area (Å²) in [6, 6.07) is 5.31. The van der Waals surface area contributed by atoms with Crippen molar-refractivity contribution in [2.45, 2.75) is 43.8 Å². The van der Waals surface area contributed by atoms with Gasteiger partial charge in [0.2, 0.25) is 0 Å². The second-order valence-electron chi connectivity index (χ2n) is 9.25. The van der Waals surface area contributed by atoms with E-state index in [9.17, 15) is 26.7 Å². The van der Waals surface area contributed by atoms with E-state index in [0.29, 0.717) is 23.8 Å². The molecule has 0 spiro atoms. The predicted octanol–water partition coefficient (Wildman–Crippen LogP) is 4.72. The van der Waals surface area contributed by atoms with Gasteiger partial charge in [0.15, 0.2) is 0 Å². The molecule has 2 aromatic heterocycles. The number of nitrogens with one attached hydrogen (secondary N) is 1. The minimum atomic E-state index is -4.68. The maximum atomic E-state index is 14.3. The quantitative estimate of drug-likeness (QED) is 0.508. The molecule has 0 saturated heterocycles. The highest BCUT2D eigenvalue weighted by atomic mass is 19.4. The number of pyridine rings is 1. The molecule has 0 atom stereocenters. The van der Waals surface area contributed by atoms with Crippen LogP contribution in [-0.4, -0.2) is 38.1 Å². The highest BCUT2D eigenvalue weighted by molar-refractivity contribution is 6.10. The van der Waals surface area contributed by atoms with Crippen molar-refractivity contribution in [3.05, 3.63) is 71.2 Å². The maximum absolute atomic E-state index is 14.3. The normalized spacial score (nSPS) is 18.2. The lowest BCUT2D eigenvalue weighted by Gasteiger charge is -2.46. The highest BCUT2D eigenvalue weighted by Gasteiger charge is 2.60. The number of halogens is 5. The van der Waals surface area contributed by atoms with E-state index in [-0.39, 0.29) is 29.1 Å². The summed E-state index contributed by atoms with van der Waals surface area (Å²) < 4.78 is 71.2. The molecule has 3 aromatic rings. The summed E-state index contributed by atoms with van der Waals surface area (Å²) in [6.45, 7) is 5.47. The van der Waals surface area contributed by atoms with Crippen molar-refractivity contribution in [2.24, 2.45) is 7.05 Å². The summed E-state index contributed by atoms with van der Waals surface area (Å²) in [6.07, 6.45) is -4.32. The highest BCUT2D eigenvalue weighted by Crippen LogP contribution is 2.57. The van der Waals surface area contributed by atoms with Crippen molar-refractivity contribution in [1.82, 2.24) is 19.7 Å². The SMILES string of the molecule is [CH2]c1cc2c(c(C(F)(F)F)c1)CN(c1cc(C3(c4nncn4C)CC(F)(F)C3)cc(NCC)n1)C2=O. The van der Waals surface area contributed by atoms with Gasteiger partial charge in [-0.1, -0.05) is 0 Å². The molecular formula is C24H22F5N6O. The van der Waals surface area contributed by atoms with E-state index in [2.05, 4.69) is 27.4 Å². The van der Waals surface area contributed by atoms with Crippen LogP contribution < -0.4 is 10.2 Å².